The molecule has 7 heteroatoms. The second-order valence-electron chi connectivity index (χ2n) is 4.03. The highest BCUT2D eigenvalue weighted by Crippen LogP contribution is 2.11. The van der Waals surface area contributed by atoms with Crippen molar-refractivity contribution in [1.82, 2.24) is 4.72 Å². The molecule has 19 heavy (non-hydrogen) atoms. The quantitative estimate of drug-likeness (QED) is 0.549. The number of methoxy groups -OCH3 is 1. The molecule has 0 spiro atoms. The lowest BCUT2D eigenvalue weighted by atomic mass is 10.1. The molecule has 0 saturated heterocycles. The van der Waals surface area contributed by atoms with Crippen LogP contribution in [0.15, 0.2) is 29.2 Å². The van der Waals surface area contributed by atoms with Crippen LogP contribution in [-0.4, -0.2) is 33.7 Å². The van der Waals surface area contributed by atoms with E-state index in [4.69, 9.17) is 22.7 Å². The van der Waals surface area contributed by atoms with Crippen molar-refractivity contribution in [3.8, 4) is 0 Å². The van der Waals surface area contributed by atoms with Gasteiger partial charge in [0, 0.05) is 26.7 Å². The lowest BCUT2D eigenvalue weighted by Crippen LogP contribution is -2.25. The van der Waals surface area contributed by atoms with E-state index in [9.17, 15) is 8.42 Å². The Morgan fingerprint density at radius 1 is 1.37 bits per heavy atom. The van der Waals surface area contributed by atoms with Crippen molar-refractivity contribution in [1.29, 1.82) is 0 Å². The first kappa shape index (κ1) is 16.0. The average molecular weight is 302 g/mol. The Hall–Kier alpha value is -1.02. The second-order valence-corrected chi connectivity index (χ2v) is 6.32. The van der Waals surface area contributed by atoms with Gasteiger partial charge in [0.2, 0.25) is 10.0 Å². The normalized spacial score (nSPS) is 11.4. The van der Waals surface area contributed by atoms with Gasteiger partial charge in [-0.1, -0.05) is 24.4 Å². The van der Waals surface area contributed by atoms with Gasteiger partial charge in [-0.3, -0.25) is 0 Å². The van der Waals surface area contributed by atoms with Crippen molar-refractivity contribution in [2.75, 3.05) is 20.3 Å². The van der Waals surface area contributed by atoms with Crippen molar-refractivity contribution in [2.45, 2.75) is 17.7 Å². The highest BCUT2D eigenvalue weighted by Gasteiger charge is 2.12. The number of nitrogens with two attached hydrogens (primary N) is 1. The van der Waals surface area contributed by atoms with Crippen LogP contribution in [0.5, 0.6) is 0 Å². The topological polar surface area (TPSA) is 81.4 Å². The second kappa shape index (κ2) is 7.54. The number of hydrogen-bond acceptors (Lipinski definition) is 4. The number of benzene rings is 1. The van der Waals surface area contributed by atoms with Crippen molar-refractivity contribution in [3.05, 3.63) is 29.8 Å². The highest BCUT2D eigenvalue weighted by atomic mass is 32.2. The molecule has 106 valence electrons. The standard InChI is InChI=1S/C12H18N2O3S2/c1-17-8-2-7-14-19(15,16)11-5-3-10(4-6-11)9-12(13)18/h3-6,14H,2,7-9H2,1H3,(H2,13,18). The molecule has 0 amide bonds. The molecule has 0 bridgehead atoms. The molecular formula is C12H18N2O3S2. The van der Waals surface area contributed by atoms with E-state index in [0.717, 1.165) is 5.56 Å². The Bertz CT molecular complexity index is 512. The van der Waals surface area contributed by atoms with Crippen LogP contribution in [0, 0.1) is 0 Å². The van der Waals surface area contributed by atoms with E-state index in [0.29, 0.717) is 31.0 Å². The SMILES string of the molecule is COCCCNS(=O)(=O)c1ccc(CC(N)=S)cc1. The summed E-state index contributed by atoms with van der Waals surface area (Å²) in [5.41, 5.74) is 6.33. The summed E-state index contributed by atoms with van der Waals surface area (Å²) in [5.74, 6) is 0. The van der Waals surface area contributed by atoms with Crippen molar-refractivity contribution in [2.24, 2.45) is 5.73 Å². The number of ether oxygens (including phenoxy) is 1. The van der Waals surface area contributed by atoms with Gasteiger partial charge in [-0.15, -0.1) is 0 Å². The fourth-order valence-corrected chi connectivity index (χ4v) is 2.73. The highest BCUT2D eigenvalue weighted by molar-refractivity contribution is 7.89. The lowest BCUT2D eigenvalue weighted by molar-refractivity contribution is 0.196. The van der Waals surface area contributed by atoms with Gasteiger partial charge < -0.3 is 10.5 Å². The summed E-state index contributed by atoms with van der Waals surface area (Å²) in [7, 11) is -1.88. The van der Waals surface area contributed by atoms with Crippen LogP contribution in [0.4, 0.5) is 0 Å². The summed E-state index contributed by atoms with van der Waals surface area (Å²) in [5, 5.41) is 0. The minimum atomic E-state index is -3.46. The van der Waals surface area contributed by atoms with Crippen LogP contribution < -0.4 is 10.5 Å². The average Bonchev–Trinajstić information content (AvgIpc) is 2.35. The minimum absolute atomic E-state index is 0.233. The largest absolute Gasteiger partial charge is 0.393 e. The fourth-order valence-electron chi connectivity index (χ4n) is 1.49. The van der Waals surface area contributed by atoms with Crippen LogP contribution in [0.1, 0.15) is 12.0 Å². The zero-order valence-electron chi connectivity index (χ0n) is 10.8. The molecule has 1 rings (SSSR count). The molecule has 0 saturated carbocycles. The van der Waals surface area contributed by atoms with Gasteiger partial charge in [0.15, 0.2) is 0 Å². The molecule has 0 unspecified atom stereocenters. The molecule has 0 aliphatic heterocycles. The first-order valence-corrected chi connectivity index (χ1v) is 7.70. The first-order chi connectivity index (χ1) is 8.95. The number of hydrogen-bond donors (Lipinski definition) is 2. The summed E-state index contributed by atoms with van der Waals surface area (Å²) in [6, 6.07) is 6.52. The van der Waals surface area contributed by atoms with E-state index in [1.54, 1.807) is 31.4 Å². The number of sulfonamides is 1. The molecule has 0 aliphatic carbocycles. The van der Waals surface area contributed by atoms with Gasteiger partial charge in [0.05, 0.1) is 9.88 Å². The Morgan fingerprint density at radius 2 is 2.00 bits per heavy atom. The third kappa shape index (κ3) is 5.65. The molecule has 1 aromatic rings. The fraction of sp³-hybridized carbons (Fsp3) is 0.417. The van der Waals surface area contributed by atoms with Gasteiger partial charge in [-0.05, 0) is 24.1 Å². The van der Waals surface area contributed by atoms with Crippen molar-refractivity contribution < 1.29 is 13.2 Å². The van der Waals surface area contributed by atoms with E-state index in [2.05, 4.69) is 4.72 Å². The minimum Gasteiger partial charge on any atom is -0.393 e. The van der Waals surface area contributed by atoms with Crippen LogP contribution in [0.2, 0.25) is 0 Å². The molecule has 0 fully saturated rings. The monoisotopic (exact) mass is 302 g/mol. The van der Waals surface area contributed by atoms with E-state index < -0.39 is 10.0 Å². The summed E-state index contributed by atoms with van der Waals surface area (Å²) >= 11 is 4.80. The maximum Gasteiger partial charge on any atom is 0.240 e. The number of rotatable bonds is 8. The number of thiocarbonyl (C=S) groups is 1. The molecule has 1 aromatic carbocycles. The third-order valence-electron chi connectivity index (χ3n) is 2.43. The third-order valence-corrected chi connectivity index (χ3v) is 4.05. The maximum atomic E-state index is 11.9. The molecule has 0 atom stereocenters. The summed E-state index contributed by atoms with van der Waals surface area (Å²) in [4.78, 5) is 0.616. The molecular weight excluding hydrogens is 284 g/mol. The van der Waals surface area contributed by atoms with Crippen molar-refractivity contribution >= 4 is 27.2 Å². The maximum absolute atomic E-state index is 11.9. The summed E-state index contributed by atoms with van der Waals surface area (Å²) in [6.07, 6.45) is 1.10. The van der Waals surface area contributed by atoms with Gasteiger partial charge in [-0.2, -0.15) is 0 Å². The Kier molecular flexibility index (Phi) is 6.36. The van der Waals surface area contributed by atoms with Crippen LogP contribution >= 0.6 is 12.2 Å². The zero-order valence-corrected chi connectivity index (χ0v) is 12.4. The summed E-state index contributed by atoms with van der Waals surface area (Å²) in [6.45, 7) is 0.875. The first-order valence-electron chi connectivity index (χ1n) is 5.81. The van der Waals surface area contributed by atoms with Crippen molar-refractivity contribution in [3.63, 3.8) is 0 Å². The molecule has 0 aromatic heterocycles. The van der Waals surface area contributed by atoms with Crippen LogP contribution in [0.25, 0.3) is 0 Å². The zero-order chi connectivity index (χ0) is 14.3. The molecule has 0 heterocycles. The number of nitrogens with one attached hydrogen (secondary N) is 1. The van der Waals surface area contributed by atoms with Crippen LogP contribution in [-0.2, 0) is 21.2 Å². The predicted molar refractivity (Wildman–Crippen MR) is 78.6 cm³/mol. The van der Waals surface area contributed by atoms with Gasteiger partial charge in [-0.25, -0.2) is 13.1 Å². The predicted octanol–water partition coefficient (Wildman–Crippen LogP) is 0.830. The van der Waals surface area contributed by atoms with Gasteiger partial charge in [0.25, 0.3) is 0 Å². The molecule has 0 aliphatic rings. The van der Waals surface area contributed by atoms with Crippen LogP contribution in [0.3, 0.4) is 0 Å². The van der Waals surface area contributed by atoms with Gasteiger partial charge >= 0.3 is 0 Å². The van der Waals surface area contributed by atoms with E-state index >= 15 is 0 Å². The lowest BCUT2D eigenvalue weighted by Gasteiger charge is -2.07. The van der Waals surface area contributed by atoms with E-state index in [1.165, 1.54) is 0 Å². The Labute approximate surface area is 119 Å². The Morgan fingerprint density at radius 3 is 2.53 bits per heavy atom. The molecule has 3 N–H and O–H groups in total. The molecule has 5 nitrogen and oxygen atoms in total. The smallest absolute Gasteiger partial charge is 0.240 e. The van der Waals surface area contributed by atoms with E-state index in [-0.39, 0.29) is 4.90 Å². The Balaban J connectivity index is 2.65. The van der Waals surface area contributed by atoms with E-state index in [1.807, 2.05) is 0 Å². The summed E-state index contributed by atoms with van der Waals surface area (Å²) < 4.78 is 31.2. The molecule has 0 radical (unpaired) electrons. The van der Waals surface area contributed by atoms with Gasteiger partial charge in [0.1, 0.15) is 0 Å².